The van der Waals surface area contributed by atoms with Crippen molar-refractivity contribution in [1.29, 1.82) is 0 Å². The van der Waals surface area contributed by atoms with Crippen molar-refractivity contribution < 1.29 is 0 Å². The average Bonchev–Trinajstić information content (AvgIpc) is 2.18. The van der Waals surface area contributed by atoms with Gasteiger partial charge in [0.25, 0.3) is 0 Å². The van der Waals surface area contributed by atoms with Crippen LogP contribution in [0.3, 0.4) is 0 Å². The van der Waals surface area contributed by atoms with Gasteiger partial charge in [-0.25, -0.2) is 0 Å². The maximum Gasteiger partial charge on any atom is 0.0357 e. The topological polar surface area (TPSA) is 3.24 Å². The lowest BCUT2D eigenvalue weighted by Crippen LogP contribution is -2.34. The Balaban J connectivity index is 2.91. The zero-order valence-corrected chi connectivity index (χ0v) is 9.59. The molecule has 1 aliphatic rings. The minimum Gasteiger partial charge on any atom is -0.369 e. The highest BCUT2D eigenvalue weighted by Gasteiger charge is 2.19. The van der Waals surface area contributed by atoms with E-state index in [2.05, 4.69) is 44.4 Å². The largest absolute Gasteiger partial charge is 0.369 e. The fourth-order valence-corrected chi connectivity index (χ4v) is 2.07. The summed E-state index contributed by atoms with van der Waals surface area (Å²) in [5.74, 6) is 0. The second-order valence-corrected chi connectivity index (χ2v) is 3.99. The smallest absolute Gasteiger partial charge is 0.0357 e. The molecule has 0 aromatic heterocycles. The van der Waals surface area contributed by atoms with Gasteiger partial charge in [0, 0.05) is 18.3 Å². The molecule has 0 radical (unpaired) electrons. The van der Waals surface area contributed by atoms with E-state index in [1.165, 1.54) is 30.7 Å². The maximum atomic E-state index is 3.77. The van der Waals surface area contributed by atoms with Gasteiger partial charge in [-0.2, -0.15) is 0 Å². The van der Waals surface area contributed by atoms with E-state index in [1.807, 2.05) is 6.08 Å². The Morgan fingerprint density at radius 2 is 2.14 bits per heavy atom. The van der Waals surface area contributed by atoms with E-state index < -0.39 is 0 Å². The number of allylic oxidation sites excluding steroid dienone is 4. The van der Waals surface area contributed by atoms with Gasteiger partial charge in [0.05, 0.1) is 0 Å². The SMILES string of the molecule is C=C/C=C1/CCCN(C(C)C)/C1=C/C. The molecule has 1 saturated heterocycles. The van der Waals surface area contributed by atoms with E-state index in [0.717, 1.165) is 0 Å². The highest BCUT2D eigenvalue weighted by Crippen LogP contribution is 2.27. The minimum absolute atomic E-state index is 0.592. The van der Waals surface area contributed by atoms with Crippen molar-refractivity contribution >= 4 is 0 Å². The summed E-state index contributed by atoms with van der Waals surface area (Å²) in [5.41, 5.74) is 2.83. The number of hydrogen-bond donors (Lipinski definition) is 0. The van der Waals surface area contributed by atoms with Gasteiger partial charge in [0.1, 0.15) is 0 Å². The monoisotopic (exact) mass is 191 g/mol. The Morgan fingerprint density at radius 1 is 1.43 bits per heavy atom. The van der Waals surface area contributed by atoms with E-state index in [4.69, 9.17) is 0 Å². The molecule has 0 unspecified atom stereocenters. The molecule has 0 atom stereocenters. The minimum atomic E-state index is 0.592. The Bertz CT molecular complexity index is 258. The fraction of sp³-hybridized carbons (Fsp3) is 0.538. The molecule has 0 bridgehead atoms. The van der Waals surface area contributed by atoms with Crippen LogP contribution in [0.25, 0.3) is 0 Å². The van der Waals surface area contributed by atoms with Crippen LogP contribution in [0, 0.1) is 0 Å². The van der Waals surface area contributed by atoms with E-state index in [0.29, 0.717) is 6.04 Å². The van der Waals surface area contributed by atoms with E-state index in [-0.39, 0.29) is 0 Å². The van der Waals surface area contributed by atoms with Gasteiger partial charge in [0.15, 0.2) is 0 Å². The quantitative estimate of drug-likeness (QED) is 0.645. The molecule has 0 saturated carbocycles. The summed E-state index contributed by atoms with van der Waals surface area (Å²) in [6, 6.07) is 0.592. The van der Waals surface area contributed by atoms with Gasteiger partial charge in [-0.15, -0.1) is 0 Å². The van der Waals surface area contributed by atoms with Crippen molar-refractivity contribution in [1.82, 2.24) is 4.90 Å². The third-order valence-corrected chi connectivity index (χ3v) is 2.70. The zero-order valence-electron chi connectivity index (χ0n) is 9.59. The lowest BCUT2D eigenvalue weighted by Gasteiger charge is -2.36. The number of rotatable bonds is 2. The summed E-state index contributed by atoms with van der Waals surface area (Å²) in [5, 5.41) is 0. The van der Waals surface area contributed by atoms with Crippen LogP contribution in [0.2, 0.25) is 0 Å². The lowest BCUT2D eigenvalue weighted by atomic mass is 9.98. The Kier molecular flexibility index (Phi) is 3.99. The van der Waals surface area contributed by atoms with Crippen molar-refractivity contribution in [3.05, 3.63) is 36.1 Å². The first-order valence-electron chi connectivity index (χ1n) is 5.45. The van der Waals surface area contributed by atoms with Gasteiger partial charge in [-0.3, -0.25) is 0 Å². The fourth-order valence-electron chi connectivity index (χ4n) is 2.07. The predicted molar refractivity (Wildman–Crippen MR) is 63.1 cm³/mol. The molecule has 1 aliphatic heterocycles. The molecule has 1 heteroatoms. The van der Waals surface area contributed by atoms with Crippen LogP contribution in [0.4, 0.5) is 0 Å². The van der Waals surface area contributed by atoms with Gasteiger partial charge in [-0.05, 0) is 39.2 Å². The summed E-state index contributed by atoms with van der Waals surface area (Å²) in [4.78, 5) is 2.47. The number of likely N-dealkylation sites (tertiary alicyclic amines) is 1. The molecule has 0 aromatic carbocycles. The van der Waals surface area contributed by atoms with Crippen LogP contribution < -0.4 is 0 Å². The van der Waals surface area contributed by atoms with E-state index >= 15 is 0 Å². The molecule has 0 aliphatic carbocycles. The first kappa shape index (κ1) is 11.1. The second kappa shape index (κ2) is 5.04. The van der Waals surface area contributed by atoms with Crippen LogP contribution >= 0.6 is 0 Å². The van der Waals surface area contributed by atoms with Crippen molar-refractivity contribution in [2.45, 2.75) is 39.7 Å². The highest BCUT2D eigenvalue weighted by atomic mass is 15.2. The van der Waals surface area contributed by atoms with Crippen molar-refractivity contribution in [3.63, 3.8) is 0 Å². The Hall–Kier alpha value is -0.980. The van der Waals surface area contributed by atoms with Gasteiger partial charge in [0.2, 0.25) is 0 Å². The first-order chi connectivity index (χ1) is 6.70. The normalized spacial score (nSPS) is 23.6. The second-order valence-electron chi connectivity index (χ2n) is 3.99. The summed E-state index contributed by atoms with van der Waals surface area (Å²) in [7, 11) is 0. The third-order valence-electron chi connectivity index (χ3n) is 2.70. The molecule has 0 N–H and O–H groups in total. The molecule has 1 heterocycles. The van der Waals surface area contributed by atoms with Crippen LogP contribution in [-0.4, -0.2) is 17.5 Å². The van der Waals surface area contributed by atoms with Crippen molar-refractivity contribution in [2.24, 2.45) is 0 Å². The summed E-state index contributed by atoms with van der Waals surface area (Å²) in [6.07, 6.45) is 8.70. The standard InChI is InChI=1S/C13H21N/c1-5-8-12-9-7-10-14(11(3)4)13(12)6-2/h5-6,8,11H,1,7,9-10H2,2-4H3/b12-8-,13-6+. The Morgan fingerprint density at radius 3 is 2.64 bits per heavy atom. The molecular weight excluding hydrogens is 170 g/mol. The molecule has 1 fully saturated rings. The third kappa shape index (κ3) is 2.28. The Labute approximate surface area is 87.8 Å². The highest BCUT2D eigenvalue weighted by molar-refractivity contribution is 5.34. The van der Waals surface area contributed by atoms with Crippen molar-refractivity contribution in [3.8, 4) is 0 Å². The summed E-state index contributed by atoms with van der Waals surface area (Å²) >= 11 is 0. The van der Waals surface area contributed by atoms with Gasteiger partial charge >= 0.3 is 0 Å². The molecule has 0 aromatic rings. The van der Waals surface area contributed by atoms with E-state index in [9.17, 15) is 0 Å². The summed E-state index contributed by atoms with van der Waals surface area (Å²) in [6.45, 7) is 11.6. The number of piperidine rings is 1. The predicted octanol–water partition coefficient (Wildman–Crippen LogP) is 3.51. The van der Waals surface area contributed by atoms with Gasteiger partial charge in [-0.1, -0.05) is 24.8 Å². The molecule has 14 heavy (non-hydrogen) atoms. The molecule has 78 valence electrons. The molecular formula is C13H21N. The van der Waals surface area contributed by atoms with Crippen LogP contribution in [0.5, 0.6) is 0 Å². The summed E-state index contributed by atoms with van der Waals surface area (Å²) < 4.78 is 0. The first-order valence-corrected chi connectivity index (χ1v) is 5.45. The van der Waals surface area contributed by atoms with Crippen LogP contribution in [0.15, 0.2) is 36.1 Å². The average molecular weight is 191 g/mol. The van der Waals surface area contributed by atoms with Crippen LogP contribution in [0.1, 0.15) is 33.6 Å². The molecule has 1 rings (SSSR count). The maximum absolute atomic E-state index is 3.77. The molecule has 1 nitrogen and oxygen atoms in total. The molecule has 0 spiro atoms. The lowest BCUT2D eigenvalue weighted by molar-refractivity contribution is 0.265. The number of hydrogen-bond acceptors (Lipinski definition) is 1. The van der Waals surface area contributed by atoms with Crippen LogP contribution in [-0.2, 0) is 0 Å². The number of nitrogens with zero attached hydrogens (tertiary/aromatic N) is 1. The van der Waals surface area contributed by atoms with E-state index in [1.54, 1.807) is 0 Å². The molecule has 0 amide bonds. The van der Waals surface area contributed by atoms with Crippen molar-refractivity contribution in [2.75, 3.05) is 6.54 Å². The zero-order chi connectivity index (χ0) is 10.6. The van der Waals surface area contributed by atoms with Gasteiger partial charge < -0.3 is 4.90 Å².